The van der Waals surface area contributed by atoms with Gasteiger partial charge < -0.3 is 5.32 Å². The first-order chi connectivity index (χ1) is 8.78. The third-order valence-corrected chi connectivity index (χ3v) is 4.10. The highest BCUT2D eigenvalue weighted by molar-refractivity contribution is 9.10. The Hall–Kier alpha value is -1.35. The van der Waals surface area contributed by atoms with Crippen LogP contribution in [0.5, 0.6) is 0 Å². The molecule has 0 bridgehead atoms. The summed E-state index contributed by atoms with van der Waals surface area (Å²) in [6.07, 6.45) is 5.46. The molecule has 1 aliphatic rings. The van der Waals surface area contributed by atoms with Crippen LogP contribution in [0.2, 0.25) is 0 Å². The van der Waals surface area contributed by atoms with E-state index in [-0.39, 0.29) is 5.54 Å². The number of pyridine rings is 1. The Morgan fingerprint density at radius 2 is 1.83 bits per heavy atom. The van der Waals surface area contributed by atoms with Crippen LogP contribution < -0.4 is 5.32 Å². The lowest BCUT2D eigenvalue weighted by Crippen LogP contribution is -2.42. The molecule has 3 rings (SSSR count). The van der Waals surface area contributed by atoms with Crippen molar-refractivity contribution in [2.45, 2.75) is 24.8 Å². The molecule has 1 heterocycles. The normalized spacial score (nSPS) is 16.9. The number of anilines is 1. The van der Waals surface area contributed by atoms with Crippen molar-refractivity contribution < 1.29 is 0 Å². The summed E-state index contributed by atoms with van der Waals surface area (Å²) in [4.78, 5) is 4.41. The monoisotopic (exact) mass is 302 g/mol. The van der Waals surface area contributed by atoms with E-state index in [0.717, 1.165) is 10.3 Å². The molecule has 2 nitrogen and oxygen atoms in total. The molecule has 1 aromatic carbocycles. The molecule has 3 heteroatoms. The topological polar surface area (TPSA) is 24.9 Å². The summed E-state index contributed by atoms with van der Waals surface area (Å²) in [7, 11) is 0. The second kappa shape index (κ2) is 4.73. The maximum Gasteiger partial charge on any atom is 0.126 e. The predicted octanol–water partition coefficient (Wildman–Crippen LogP) is 4.34. The molecule has 0 spiro atoms. The van der Waals surface area contributed by atoms with Crippen molar-refractivity contribution in [1.29, 1.82) is 0 Å². The second-order valence-corrected chi connectivity index (χ2v) is 5.70. The number of aromatic nitrogens is 1. The lowest BCUT2D eigenvalue weighted by Gasteiger charge is -2.43. The van der Waals surface area contributed by atoms with Crippen molar-refractivity contribution in [2.24, 2.45) is 0 Å². The largest absolute Gasteiger partial charge is 0.361 e. The first-order valence-electron chi connectivity index (χ1n) is 6.24. The van der Waals surface area contributed by atoms with Crippen LogP contribution >= 0.6 is 15.9 Å². The summed E-state index contributed by atoms with van der Waals surface area (Å²) in [5.74, 6) is 0.946. The van der Waals surface area contributed by atoms with E-state index in [0.29, 0.717) is 0 Å². The smallest absolute Gasteiger partial charge is 0.126 e. The molecule has 0 saturated heterocycles. The van der Waals surface area contributed by atoms with Crippen molar-refractivity contribution >= 4 is 21.7 Å². The summed E-state index contributed by atoms with van der Waals surface area (Å²) in [6.45, 7) is 0. The van der Waals surface area contributed by atoms with Gasteiger partial charge in [0.05, 0.1) is 5.54 Å². The fraction of sp³-hybridized carbons (Fsp3) is 0.267. The molecule has 18 heavy (non-hydrogen) atoms. The van der Waals surface area contributed by atoms with Gasteiger partial charge >= 0.3 is 0 Å². The second-order valence-electron chi connectivity index (χ2n) is 4.79. The van der Waals surface area contributed by atoms with Gasteiger partial charge in [-0.1, -0.05) is 30.3 Å². The molecule has 0 aliphatic heterocycles. The summed E-state index contributed by atoms with van der Waals surface area (Å²) in [5.41, 5.74) is 1.45. The van der Waals surface area contributed by atoms with E-state index in [9.17, 15) is 0 Å². The van der Waals surface area contributed by atoms with E-state index in [2.05, 4.69) is 56.6 Å². The molecule has 1 aliphatic carbocycles. The highest BCUT2D eigenvalue weighted by Gasteiger charge is 2.38. The number of nitrogens with one attached hydrogen (secondary N) is 1. The van der Waals surface area contributed by atoms with Gasteiger partial charge in [-0.2, -0.15) is 0 Å². The van der Waals surface area contributed by atoms with E-state index in [1.165, 1.54) is 24.8 Å². The van der Waals surface area contributed by atoms with Crippen molar-refractivity contribution in [3.8, 4) is 0 Å². The van der Waals surface area contributed by atoms with E-state index < -0.39 is 0 Å². The summed E-state index contributed by atoms with van der Waals surface area (Å²) in [6, 6.07) is 14.7. The Balaban J connectivity index is 1.87. The Kier molecular flexibility index (Phi) is 3.08. The number of halogens is 1. The summed E-state index contributed by atoms with van der Waals surface area (Å²) in [5, 5.41) is 3.60. The molecule has 1 saturated carbocycles. The van der Waals surface area contributed by atoms with Crippen LogP contribution in [-0.2, 0) is 5.54 Å². The maximum atomic E-state index is 4.41. The highest BCUT2D eigenvalue weighted by atomic mass is 79.9. The van der Waals surface area contributed by atoms with Gasteiger partial charge in [0.15, 0.2) is 0 Å². The first kappa shape index (κ1) is 11.7. The Morgan fingerprint density at radius 1 is 1.06 bits per heavy atom. The maximum absolute atomic E-state index is 4.41. The van der Waals surface area contributed by atoms with Crippen molar-refractivity contribution in [3.63, 3.8) is 0 Å². The van der Waals surface area contributed by atoms with Gasteiger partial charge in [0.1, 0.15) is 5.82 Å². The number of rotatable bonds is 3. The first-order valence-corrected chi connectivity index (χ1v) is 7.03. The molecule has 0 amide bonds. The minimum Gasteiger partial charge on any atom is -0.361 e. The highest BCUT2D eigenvalue weighted by Crippen LogP contribution is 2.43. The van der Waals surface area contributed by atoms with Gasteiger partial charge in [0.2, 0.25) is 0 Å². The van der Waals surface area contributed by atoms with E-state index in [1.54, 1.807) is 0 Å². The molecule has 2 aromatic rings. The molecule has 0 radical (unpaired) electrons. The average molecular weight is 303 g/mol. The van der Waals surface area contributed by atoms with Crippen LogP contribution in [-0.4, -0.2) is 4.98 Å². The predicted molar refractivity (Wildman–Crippen MR) is 77.5 cm³/mol. The third-order valence-electron chi connectivity index (χ3n) is 3.63. The van der Waals surface area contributed by atoms with Crippen LogP contribution in [0, 0.1) is 0 Å². The van der Waals surface area contributed by atoms with E-state index in [4.69, 9.17) is 0 Å². The Morgan fingerprint density at radius 3 is 2.39 bits per heavy atom. The van der Waals surface area contributed by atoms with Crippen LogP contribution in [0.4, 0.5) is 5.82 Å². The molecule has 0 atom stereocenters. The fourth-order valence-electron chi connectivity index (χ4n) is 2.47. The number of hydrogen-bond donors (Lipinski definition) is 1. The van der Waals surface area contributed by atoms with Gasteiger partial charge in [0, 0.05) is 10.7 Å². The zero-order valence-electron chi connectivity index (χ0n) is 10.1. The van der Waals surface area contributed by atoms with Crippen LogP contribution in [0.3, 0.4) is 0 Å². The third kappa shape index (κ3) is 2.15. The standard InChI is InChI=1S/C15H15BrN2/c16-13-7-8-14(17-11-13)18-15(9-4-10-15)12-5-2-1-3-6-12/h1-3,5-8,11H,4,9-10H2,(H,17,18). The zero-order valence-corrected chi connectivity index (χ0v) is 11.7. The van der Waals surface area contributed by atoms with Gasteiger partial charge in [-0.15, -0.1) is 0 Å². The van der Waals surface area contributed by atoms with Crippen LogP contribution in [0.1, 0.15) is 24.8 Å². The van der Waals surface area contributed by atoms with Gasteiger partial charge in [-0.3, -0.25) is 0 Å². The van der Waals surface area contributed by atoms with Crippen molar-refractivity contribution in [1.82, 2.24) is 4.98 Å². The summed E-state index contributed by atoms with van der Waals surface area (Å²) >= 11 is 3.41. The van der Waals surface area contributed by atoms with Gasteiger partial charge in [-0.25, -0.2) is 4.98 Å². The summed E-state index contributed by atoms with van der Waals surface area (Å²) < 4.78 is 1.01. The van der Waals surface area contributed by atoms with Crippen molar-refractivity contribution in [2.75, 3.05) is 5.32 Å². The fourth-order valence-corrected chi connectivity index (χ4v) is 2.70. The minimum atomic E-state index is 0.0854. The lowest BCUT2D eigenvalue weighted by molar-refractivity contribution is 0.283. The SMILES string of the molecule is Brc1ccc(NC2(c3ccccc3)CCC2)nc1. The Labute approximate surface area is 116 Å². The van der Waals surface area contributed by atoms with Gasteiger partial charge in [0.25, 0.3) is 0 Å². The molecular weight excluding hydrogens is 288 g/mol. The minimum absolute atomic E-state index is 0.0854. The van der Waals surface area contributed by atoms with Crippen LogP contribution in [0.25, 0.3) is 0 Å². The van der Waals surface area contributed by atoms with Crippen LogP contribution in [0.15, 0.2) is 53.1 Å². The van der Waals surface area contributed by atoms with E-state index >= 15 is 0 Å². The number of hydrogen-bond acceptors (Lipinski definition) is 2. The van der Waals surface area contributed by atoms with Gasteiger partial charge in [-0.05, 0) is 52.9 Å². The molecule has 92 valence electrons. The number of nitrogens with zero attached hydrogens (tertiary/aromatic N) is 1. The molecule has 1 aromatic heterocycles. The Bertz CT molecular complexity index is 518. The quantitative estimate of drug-likeness (QED) is 0.912. The zero-order chi connectivity index (χ0) is 12.4. The lowest BCUT2D eigenvalue weighted by atomic mass is 9.72. The molecule has 0 unspecified atom stereocenters. The molecule has 1 fully saturated rings. The van der Waals surface area contributed by atoms with E-state index in [1.807, 2.05) is 18.3 Å². The van der Waals surface area contributed by atoms with Crippen molar-refractivity contribution in [3.05, 3.63) is 58.7 Å². The molecule has 1 N–H and O–H groups in total. The number of benzene rings is 1. The molecular formula is C15H15BrN2. The average Bonchev–Trinajstić information content (AvgIpc) is 2.37.